The fourth-order valence-electron chi connectivity index (χ4n) is 2.12. The summed E-state index contributed by atoms with van der Waals surface area (Å²) in [5.41, 5.74) is 1.11. The molecule has 2 rings (SSSR count). The van der Waals surface area contributed by atoms with Crippen molar-refractivity contribution in [1.82, 2.24) is 10.3 Å². The molecule has 1 atom stereocenters. The molecule has 0 saturated heterocycles. The van der Waals surface area contributed by atoms with Gasteiger partial charge in [0.2, 0.25) is 0 Å². The maximum absolute atomic E-state index is 11.5. The zero-order valence-corrected chi connectivity index (χ0v) is 11.7. The summed E-state index contributed by atoms with van der Waals surface area (Å²) in [6.07, 6.45) is 0.446. The van der Waals surface area contributed by atoms with Gasteiger partial charge >= 0.3 is 12.1 Å². The van der Waals surface area contributed by atoms with Gasteiger partial charge in [-0.25, -0.2) is 9.59 Å². The van der Waals surface area contributed by atoms with E-state index in [0.717, 1.165) is 0 Å². The summed E-state index contributed by atoms with van der Waals surface area (Å²) in [6, 6.07) is 5.88. The Hall–Kier alpha value is -2.96. The molecule has 0 aliphatic rings. The van der Waals surface area contributed by atoms with Crippen LogP contribution in [0.15, 0.2) is 36.9 Å². The van der Waals surface area contributed by atoms with Gasteiger partial charge in [-0.05, 0) is 6.07 Å². The first-order valence-corrected chi connectivity index (χ1v) is 6.58. The van der Waals surface area contributed by atoms with Gasteiger partial charge in [-0.3, -0.25) is 0 Å². The van der Waals surface area contributed by atoms with Crippen LogP contribution in [0.2, 0.25) is 0 Å². The first-order valence-electron chi connectivity index (χ1n) is 6.58. The molecule has 0 unspecified atom stereocenters. The summed E-state index contributed by atoms with van der Waals surface area (Å²) in [5, 5.41) is 22.1. The average Bonchev–Trinajstić information content (AvgIpc) is 2.80. The number of benzene rings is 1. The van der Waals surface area contributed by atoms with Crippen LogP contribution in [0.4, 0.5) is 4.79 Å². The van der Waals surface area contributed by atoms with E-state index in [1.807, 2.05) is 0 Å². The summed E-state index contributed by atoms with van der Waals surface area (Å²) in [6.45, 7) is 3.38. The molecule has 0 fully saturated rings. The van der Waals surface area contributed by atoms with Crippen molar-refractivity contribution >= 4 is 23.0 Å². The smallest absolute Gasteiger partial charge is 0.408 e. The maximum atomic E-state index is 11.5. The lowest BCUT2D eigenvalue weighted by Gasteiger charge is -2.14. The van der Waals surface area contributed by atoms with Crippen LogP contribution in [0.3, 0.4) is 0 Å². The number of carbonyl (C=O) groups is 2. The highest BCUT2D eigenvalue weighted by molar-refractivity contribution is 5.87. The van der Waals surface area contributed by atoms with Gasteiger partial charge < -0.3 is 25.3 Å². The molecule has 1 amide bonds. The van der Waals surface area contributed by atoms with Crippen LogP contribution in [-0.4, -0.2) is 39.9 Å². The number of hydrogen-bond acceptors (Lipinski definition) is 4. The van der Waals surface area contributed by atoms with E-state index in [1.165, 1.54) is 6.08 Å². The first-order chi connectivity index (χ1) is 10.5. The van der Waals surface area contributed by atoms with Gasteiger partial charge in [0.1, 0.15) is 12.6 Å². The first kappa shape index (κ1) is 15.4. The van der Waals surface area contributed by atoms with Crippen molar-refractivity contribution in [3.8, 4) is 5.88 Å². The van der Waals surface area contributed by atoms with Gasteiger partial charge in [-0.1, -0.05) is 30.9 Å². The summed E-state index contributed by atoms with van der Waals surface area (Å²) < 4.78 is 4.71. The number of carboxylic acid groups (broad SMARTS) is 1. The fraction of sp³-hybridized carbons (Fsp3) is 0.200. The zero-order valence-electron chi connectivity index (χ0n) is 11.7. The van der Waals surface area contributed by atoms with E-state index in [1.54, 1.807) is 24.3 Å². The molecule has 1 aromatic carbocycles. The monoisotopic (exact) mass is 304 g/mol. The number of amides is 1. The Kier molecular flexibility index (Phi) is 4.67. The Morgan fingerprint density at radius 2 is 2.14 bits per heavy atom. The Balaban J connectivity index is 2.19. The lowest BCUT2D eigenvalue weighted by atomic mass is 10.0. The number of H-pyrrole nitrogens is 1. The topological polar surface area (TPSA) is 112 Å². The highest BCUT2D eigenvalue weighted by Gasteiger charge is 2.24. The lowest BCUT2D eigenvalue weighted by Crippen LogP contribution is -2.42. The van der Waals surface area contributed by atoms with Crippen molar-refractivity contribution in [2.75, 3.05) is 6.61 Å². The number of ether oxygens (including phenoxy) is 1. The number of aliphatic carboxylic acids is 1. The Bertz CT molecular complexity index is 707. The van der Waals surface area contributed by atoms with E-state index < -0.39 is 18.1 Å². The number of aromatic nitrogens is 1. The number of nitrogens with one attached hydrogen (secondary N) is 2. The molecule has 22 heavy (non-hydrogen) atoms. The quantitative estimate of drug-likeness (QED) is 0.608. The molecule has 116 valence electrons. The predicted molar refractivity (Wildman–Crippen MR) is 79.8 cm³/mol. The molecule has 1 heterocycles. The number of para-hydroxylation sites is 1. The Morgan fingerprint density at radius 1 is 1.41 bits per heavy atom. The zero-order chi connectivity index (χ0) is 16.1. The third-order valence-electron chi connectivity index (χ3n) is 3.12. The summed E-state index contributed by atoms with van der Waals surface area (Å²) >= 11 is 0. The van der Waals surface area contributed by atoms with Crippen molar-refractivity contribution < 1.29 is 24.5 Å². The second-order valence-corrected chi connectivity index (χ2v) is 4.62. The molecule has 1 aromatic heterocycles. The molecule has 0 saturated carbocycles. The molecule has 4 N–H and O–H groups in total. The minimum absolute atomic E-state index is 0.0174. The van der Waals surface area contributed by atoms with E-state index in [2.05, 4.69) is 16.9 Å². The number of aromatic hydroxyl groups is 1. The van der Waals surface area contributed by atoms with Crippen molar-refractivity contribution in [2.45, 2.75) is 12.5 Å². The van der Waals surface area contributed by atoms with E-state index >= 15 is 0 Å². The predicted octanol–water partition coefficient (Wildman–Crippen LogP) is 1.78. The van der Waals surface area contributed by atoms with Gasteiger partial charge in [-0.2, -0.15) is 0 Å². The summed E-state index contributed by atoms with van der Waals surface area (Å²) in [7, 11) is 0. The van der Waals surface area contributed by atoms with Crippen LogP contribution in [0, 0.1) is 0 Å². The van der Waals surface area contributed by atoms with Gasteiger partial charge in [0.25, 0.3) is 0 Å². The molecule has 7 heteroatoms. The van der Waals surface area contributed by atoms with Gasteiger partial charge in [0, 0.05) is 22.9 Å². The molecule has 0 aliphatic heterocycles. The normalized spacial score (nSPS) is 11.8. The van der Waals surface area contributed by atoms with Crippen LogP contribution in [0.1, 0.15) is 5.56 Å². The largest absolute Gasteiger partial charge is 0.494 e. The number of aromatic amines is 1. The molecule has 0 aliphatic carbocycles. The minimum Gasteiger partial charge on any atom is -0.494 e. The van der Waals surface area contributed by atoms with Crippen LogP contribution >= 0.6 is 0 Å². The molecule has 2 aromatic rings. The second-order valence-electron chi connectivity index (χ2n) is 4.62. The van der Waals surface area contributed by atoms with Crippen LogP contribution in [0.25, 0.3) is 10.9 Å². The van der Waals surface area contributed by atoms with Gasteiger partial charge in [0.05, 0.1) is 0 Å². The van der Waals surface area contributed by atoms with E-state index in [9.17, 15) is 19.8 Å². The van der Waals surface area contributed by atoms with Crippen LogP contribution in [0.5, 0.6) is 5.88 Å². The number of rotatable bonds is 6. The second kappa shape index (κ2) is 6.66. The highest BCUT2D eigenvalue weighted by Crippen LogP contribution is 2.28. The van der Waals surface area contributed by atoms with Gasteiger partial charge in [0.15, 0.2) is 5.88 Å². The number of fused-ring (bicyclic) bond motifs is 1. The number of carboxylic acids is 1. The summed E-state index contributed by atoms with van der Waals surface area (Å²) in [4.78, 5) is 25.5. The molecular formula is C15H16N2O5. The van der Waals surface area contributed by atoms with Crippen LogP contribution < -0.4 is 5.32 Å². The molecule has 0 bridgehead atoms. The van der Waals surface area contributed by atoms with Crippen molar-refractivity contribution in [3.63, 3.8) is 0 Å². The Labute approximate surface area is 126 Å². The van der Waals surface area contributed by atoms with Crippen molar-refractivity contribution in [2.24, 2.45) is 0 Å². The standard InChI is InChI=1S/C15H16N2O5/c1-2-7-22-15(21)17-12(14(19)20)8-10-9-5-3-4-6-11(9)16-13(10)18/h2-6,12,16,18H,1,7-8H2,(H,17,21)(H,19,20)/t12-/m0/s1. The summed E-state index contributed by atoms with van der Waals surface area (Å²) in [5.74, 6) is -1.34. The number of hydrogen-bond donors (Lipinski definition) is 4. The van der Waals surface area contributed by atoms with Crippen molar-refractivity contribution in [1.29, 1.82) is 0 Å². The van der Waals surface area contributed by atoms with Gasteiger partial charge in [-0.15, -0.1) is 0 Å². The number of alkyl carbamates (subject to hydrolysis) is 1. The van der Waals surface area contributed by atoms with E-state index in [0.29, 0.717) is 16.5 Å². The molecule has 7 nitrogen and oxygen atoms in total. The van der Waals surface area contributed by atoms with Crippen LogP contribution in [-0.2, 0) is 16.0 Å². The third-order valence-corrected chi connectivity index (χ3v) is 3.12. The van der Waals surface area contributed by atoms with E-state index in [4.69, 9.17) is 4.74 Å². The average molecular weight is 304 g/mol. The number of carbonyl (C=O) groups excluding carboxylic acids is 1. The SMILES string of the molecule is C=CCOC(=O)N[C@@H](Cc1c(O)[nH]c2ccccc12)C(=O)O. The minimum atomic E-state index is -1.22. The molecular weight excluding hydrogens is 288 g/mol. The third kappa shape index (κ3) is 3.38. The highest BCUT2D eigenvalue weighted by atomic mass is 16.5. The molecule has 0 radical (unpaired) electrons. The Morgan fingerprint density at radius 3 is 2.82 bits per heavy atom. The van der Waals surface area contributed by atoms with Crippen molar-refractivity contribution in [3.05, 3.63) is 42.5 Å². The molecule has 0 spiro atoms. The lowest BCUT2D eigenvalue weighted by molar-refractivity contribution is -0.139. The maximum Gasteiger partial charge on any atom is 0.408 e. The van der Waals surface area contributed by atoms with E-state index in [-0.39, 0.29) is 18.9 Å². The fourth-order valence-corrected chi connectivity index (χ4v) is 2.12.